The van der Waals surface area contributed by atoms with Crippen molar-refractivity contribution >= 4 is 5.69 Å². The quantitative estimate of drug-likeness (QED) is 0.226. The molecule has 0 radical (unpaired) electrons. The molecule has 0 spiro atoms. The van der Waals surface area contributed by atoms with Crippen LogP contribution < -0.4 is 19.1 Å². The van der Waals surface area contributed by atoms with Gasteiger partial charge in [0.05, 0.1) is 14.2 Å². The van der Waals surface area contributed by atoms with E-state index in [0.29, 0.717) is 18.3 Å². The van der Waals surface area contributed by atoms with Crippen molar-refractivity contribution in [3.63, 3.8) is 0 Å². The van der Waals surface area contributed by atoms with E-state index in [1.807, 2.05) is 6.07 Å². The van der Waals surface area contributed by atoms with E-state index in [0.717, 1.165) is 75.7 Å². The van der Waals surface area contributed by atoms with Gasteiger partial charge in [0, 0.05) is 51.6 Å². The lowest BCUT2D eigenvalue weighted by Gasteiger charge is -2.32. The van der Waals surface area contributed by atoms with E-state index in [-0.39, 0.29) is 0 Å². The first-order chi connectivity index (χ1) is 19.9. The number of benzene rings is 3. The van der Waals surface area contributed by atoms with Crippen LogP contribution >= 0.6 is 0 Å². The first kappa shape index (κ1) is 30.5. The molecule has 41 heavy (non-hydrogen) atoms. The first-order valence-electron chi connectivity index (χ1n) is 14.7. The summed E-state index contributed by atoms with van der Waals surface area (Å²) in [5.41, 5.74) is 6.23. The number of phenols is 1. The average Bonchev–Trinajstić information content (AvgIpc) is 2.99. The Hall–Kier alpha value is -3.42. The van der Waals surface area contributed by atoms with Gasteiger partial charge in [0.25, 0.3) is 0 Å². The molecule has 1 N–H and O–H groups in total. The molecule has 0 aromatic heterocycles. The molecule has 0 saturated heterocycles. The van der Waals surface area contributed by atoms with Crippen molar-refractivity contribution in [2.75, 3.05) is 66.1 Å². The van der Waals surface area contributed by atoms with Gasteiger partial charge in [-0.2, -0.15) is 0 Å². The van der Waals surface area contributed by atoms with Gasteiger partial charge in [0.15, 0.2) is 11.5 Å². The Labute approximate surface area is 245 Å². The monoisotopic (exact) mass is 562 g/mol. The van der Waals surface area contributed by atoms with Gasteiger partial charge >= 0.3 is 0 Å². The molecule has 0 bridgehead atoms. The average molecular weight is 563 g/mol. The number of aryl methyl sites for hydroxylation is 1. The maximum Gasteiger partial charge on any atom is 0.162 e. The molecule has 0 aliphatic heterocycles. The number of nitrogens with zero attached hydrogens (tertiary/aromatic N) is 2. The number of likely N-dealkylation sites (N-methyl/N-ethyl adjacent to an activating group) is 1. The fourth-order valence-electron chi connectivity index (χ4n) is 5.68. The number of hydrogen-bond acceptors (Lipinski definition) is 7. The highest BCUT2D eigenvalue weighted by Crippen LogP contribution is 2.43. The molecular formula is C34H46N2O5. The van der Waals surface area contributed by atoms with Gasteiger partial charge in [0.2, 0.25) is 0 Å². The smallest absolute Gasteiger partial charge is 0.162 e. The Balaban J connectivity index is 1.48. The zero-order valence-electron chi connectivity index (χ0n) is 25.3. The second-order valence-electron chi connectivity index (χ2n) is 10.8. The van der Waals surface area contributed by atoms with Crippen molar-refractivity contribution in [1.82, 2.24) is 4.90 Å². The summed E-state index contributed by atoms with van der Waals surface area (Å²) in [5.74, 6) is 3.07. The zero-order chi connectivity index (χ0) is 29.2. The summed E-state index contributed by atoms with van der Waals surface area (Å²) < 4.78 is 22.6. The first-order valence-corrected chi connectivity index (χ1v) is 14.7. The molecule has 7 nitrogen and oxygen atoms in total. The Kier molecular flexibility index (Phi) is 11.2. The molecule has 0 fully saturated rings. The van der Waals surface area contributed by atoms with Crippen LogP contribution in [0.5, 0.6) is 23.0 Å². The molecule has 3 aromatic carbocycles. The molecular weight excluding hydrogens is 516 g/mol. The van der Waals surface area contributed by atoms with Crippen molar-refractivity contribution in [2.45, 2.75) is 45.1 Å². The van der Waals surface area contributed by atoms with Crippen LogP contribution in [0.1, 0.15) is 47.9 Å². The highest BCUT2D eigenvalue weighted by atomic mass is 16.5. The van der Waals surface area contributed by atoms with Gasteiger partial charge in [-0.1, -0.05) is 18.2 Å². The molecule has 1 atom stereocenters. The number of phenolic OH excluding ortho intramolecular Hbond substituents is 1. The maximum atomic E-state index is 9.95. The fourth-order valence-corrected chi connectivity index (χ4v) is 5.68. The van der Waals surface area contributed by atoms with Crippen LogP contribution in [0.4, 0.5) is 5.69 Å². The molecule has 3 aromatic rings. The zero-order valence-corrected chi connectivity index (χ0v) is 25.3. The van der Waals surface area contributed by atoms with Gasteiger partial charge < -0.3 is 33.9 Å². The van der Waals surface area contributed by atoms with Gasteiger partial charge in [-0.3, -0.25) is 0 Å². The second-order valence-corrected chi connectivity index (χ2v) is 10.8. The Morgan fingerprint density at radius 3 is 2.34 bits per heavy atom. The molecule has 4 rings (SSSR count). The minimum Gasteiger partial charge on any atom is -0.508 e. The van der Waals surface area contributed by atoms with Crippen molar-refractivity contribution < 1.29 is 24.1 Å². The SMILES string of the molecule is CCN(Cc1ccc(OCCN(C)CCCOC)cc1)c1cc(OC)c(OC)cc1C1CCc2cc(O)ccc2C1. The Morgan fingerprint density at radius 1 is 0.878 bits per heavy atom. The number of aromatic hydroxyl groups is 1. The van der Waals surface area contributed by atoms with Crippen LogP contribution in [-0.4, -0.2) is 71.2 Å². The van der Waals surface area contributed by atoms with Gasteiger partial charge in [-0.15, -0.1) is 0 Å². The normalized spacial score (nSPS) is 14.5. The Bertz CT molecular complexity index is 1250. The predicted molar refractivity (Wildman–Crippen MR) is 165 cm³/mol. The second kappa shape index (κ2) is 15.0. The standard InChI is InChI=1S/C34H46N2O5/c1-6-36(24-25-8-14-30(15-9-25)41-19-17-35(2)16-7-18-38-3)32-23-34(40-5)33(39-4)22-31(32)28-11-10-27-21-29(37)13-12-26(27)20-28/h8-9,12-15,21-23,28,37H,6-7,10-11,16-20,24H2,1-5H3. The van der Waals surface area contributed by atoms with Crippen LogP contribution in [0.2, 0.25) is 0 Å². The van der Waals surface area contributed by atoms with E-state index in [1.165, 1.54) is 27.9 Å². The van der Waals surface area contributed by atoms with E-state index in [9.17, 15) is 5.11 Å². The lowest BCUT2D eigenvalue weighted by atomic mass is 9.79. The van der Waals surface area contributed by atoms with E-state index < -0.39 is 0 Å². The summed E-state index contributed by atoms with van der Waals surface area (Å²) in [6.45, 7) is 7.14. The summed E-state index contributed by atoms with van der Waals surface area (Å²) >= 11 is 0. The lowest BCUT2D eigenvalue weighted by Crippen LogP contribution is -2.26. The number of fused-ring (bicyclic) bond motifs is 1. The fraction of sp³-hybridized carbons (Fsp3) is 0.471. The minimum absolute atomic E-state index is 0.341. The largest absolute Gasteiger partial charge is 0.508 e. The van der Waals surface area contributed by atoms with Crippen molar-refractivity contribution in [3.8, 4) is 23.0 Å². The van der Waals surface area contributed by atoms with E-state index in [1.54, 1.807) is 27.4 Å². The maximum absolute atomic E-state index is 9.95. The summed E-state index contributed by atoms with van der Waals surface area (Å²) in [5, 5.41) is 9.95. The third kappa shape index (κ3) is 8.08. The summed E-state index contributed by atoms with van der Waals surface area (Å²) in [7, 11) is 7.24. The number of rotatable bonds is 15. The molecule has 1 unspecified atom stereocenters. The molecule has 1 aliphatic carbocycles. The van der Waals surface area contributed by atoms with Crippen LogP contribution in [0.3, 0.4) is 0 Å². The van der Waals surface area contributed by atoms with Crippen molar-refractivity contribution in [3.05, 3.63) is 76.9 Å². The highest BCUT2D eigenvalue weighted by molar-refractivity contribution is 5.64. The third-order valence-electron chi connectivity index (χ3n) is 8.04. The predicted octanol–water partition coefficient (Wildman–Crippen LogP) is 6.06. The number of anilines is 1. The summed E-state index contributed by atoms with van der Waals surface area (Å²) in [6.07, 6.45) is 3.92. The summed E-state index contributed by atoms with van der Waals surface area (Å²) in [4.78, 5) is 4.68. The minimum atomic E-state index is 0.341. The van der Waals surface area contributed by atoms with Crippen LogP contribution in [0, 0.1) is 0 Å². The van der Waals surface area contributed by atoms with Crippen LogP contribution in [0.15, 0.2) is 54.6 Å². The highest BCUT2D eigenvalue weighted by Gasteiger charge is 2.26. The third-order valence-corrected chi connectivity index (χ3v) is 8.04. The van der Waals surface area contributed by atoms with E-state index in [2.05, 4.69) is 66.2 Å². The molecule has 7 heteroatoms. The number of ether oxygens (including phenoxy) is 4. The van der Waals surface area contributed by atoms with Crippen LogP contribution in [0.25, 0.3) is 0 Å². The molecule has 0 amide bonds. The van der Waals surface area contributed by atoms with Gasteiger partial charge in [0.1, 0.15) is 18.1 Å². The number of hydrogen-bond donors (Lipinski definition) is 1. The van der Waals surface area contributed by atoms with Crippen molar-refractivity contribution in [1.29, 1.82) is 0 Å². The molecule has 1 aliphatic rings. The topological polar surface area (TPSA) is 63.6 Å². The van der Waals surface area contributed by atoms with Gasteiger partial charge in [-0.25, -0.2) is 0 Å². The molecule has 0 saturated carbocycles. The molecule has 222 valence electrons. The number of methoxy groups -OCH3 is 3. The van der Waals surface area contributed by atoms with E-state index >= 15 is 0 Å². The summed E-state index contributed by atoms with van der Waals surface area (Å²) in [6, 6.07) is 18.5. The van der Waals surface area contributed by atoms with E-state index in [4.69, 9.17) is 18.9 Å². The Morgan fingerprint density at radius 2 is 1.63 bits per heavy atom. The van der Waals surface area contributed by atoms with Crippen molar-refractivity contribution in [2.24, 2.45) is 0 Å². The van der Waals surface area contributed by atoms with Gasteiger partial charge in [-0.05, 0) is 98.2 Å². The lowest BCUT2D eigenvalue weighted by molar-refractivity contribution is 0.172. The molecule has 0 heterocycles. The van der Waals surface area contributed by atoms with Crippen LogP contribution in [-0.2, 0) is 24.1 Å².